The first-order valence-corrected chi connectivity index (χ1v) is 6.54. The summed E-state index contributed by atoms with van der Waals surface area (Å²) in [4.78, 5) is 22.5. The summed E-state index contributed by atoms with van der Waals surface area (Å²) in [6.45, 7) is 3.11. The summed E-state index contributed by atoms with van der Waals surface area (Å²) in [6.07, 6.45) is 1.47. The van der Waals surface area contributed by atoms with Gasteiger partial charge in [0.25, 0.3) is 0 Å². The van der Waals surface area contributed by atoms with Crippen LogP contribution in [0.5, 0.6) is 0 Å². The first kappa shape index (κ1) is 13.0. The number of carbonyl (C=O) groups excluding carboxylic acids is 1. The molecule has 0 atom stereocenters. The minimum Gasteiger partial charge on any atom is -0.254 e. The molecule has 1 rings (SSSR count). The Labute approximate surface area is 97.5 Å². The molecule has 90 valence electrons. The molecule has 0 fully saturated rings. The number of halogens is 1. The topological polar surface area (TPSA) is 78.1 Å². The third kappa shape index (κ3) is 2.19. The van der Waals surface area contributed by atoms with Gasteiger partial charge >= 0.3 is 11.1 Å². The van der Waals surface area contributed by atoms with Crippen LogP contribution in [0, 0.1) is 6.92 Å². The lowest BCUT2D eigenvalue weighted by molar-refractivity contribution is 0.260. The van der Waals surface area contributed by atoms with E-state index in [1.807, 2.05) is 0 Å². The SMILES string of the molecule is CCCS(=O)(=O)n1cc(C)n(C(=O)Cl)c1=O. The second kappa shape index (κ2) is 4.42. The Bertz CT molecular complexity index is 569. The Morgan fingerprint density at radius 1 is 1.50 bits per heavy atom. The molecule has 0 N–H and O–H groups in total. The third-order valence-electron chi connectivity index (χ3n) is 1.97. The summed E-state index contributed by atoms with van der Waals surface area (Å²) in [7, 11) is -3.70. The molecule has 1 aromatic rings. The van der Waals surface area contributed by atoms with Gasteiger partial charge < -0.3 is 0 Å². The molecule has 0 aliphatic carbocycles. The van der Waals surface area contributed by atoms with Gasteiger partial charge in [-0.1, -0.05) is 6.92 Å². The van der Waals surface area contributed by atoms with Gasteiger partial charge in [-0.3, -0.25) is 4.79 Å². The lowest BCUT2D eigenvalue weighted by Crippen LogP contribution is -2.32. The Balaban J connectivity index is 3.46. The zero-order valence-corrected chi connectivity index (χ0v) is 10.4. The van der Waals surface area contributed by atoms with Crippen LogP contribution in [0.1, 0.15) is 19.0 Å². The summed E-state index contributed by atoms with van der Waals surface area (Å²) < 4.78 is 24.4. The maximum absolute atomic E-state index is 11.6. The normalized spacial score (nSPS) is 11.7. The molecule has 6 nitrogen and oxygen atoms in total. The zero-order valence-electron chi connectivity index (χ0n) is 8.81. The molecule has 0 amide bonds. The van der Waals surface area contributed by atoms with Gasteiger partial charge in [-0.25, -0.2) is 17.8 Å². The summed E-state index contributed by atoms with van der Waals surface area (Å²) in [5.41, 5.74) is -0.768. The number of aryl methyl sites for hydroxylation is 1. The number of hydrogen-bond acceptors (Lipinski definition) is 4. The van der Waals surface area contributed by atoms with Crippen LogP contribution in [0.2, 0.25) is 0 Å². The summed E-state index contributed by atoms with van der Waals surface area (Å²) in [6, 6.07) is 0. The molecule has 0 radical (unpaired) electrons. The zero-order chi connectivity index (χ0) is 12.5. The van der Waals surface area contributed by atoms with Crippen molar-refractivity contribution in [2.75, 3.05) is 5.75 Å². The quantitative estimate of drug-likeness (QED) is 0.757. The van der Waals surface area contributed by atoms with Gasteiger partial charge in [-0.2, -0.15) is 3.97 Å². The standard InChI is InChI=1S/C8H11ClN2O4S/c1-3-4-16(14,15)10-5-6(2)11(7(9)12)8(10)13/h5H,3-4H2,1-2H3. The highest BCUT2D eigenvalue weighted by Gasteiger charge is 2.20. The number of nitrogens with zero attached hydrogens (tertiary/aromatic N) is 2. The highest BCUT2D eigenvalue weighted by atomic mass is 35.5. The van der Waals surface area contributed by atoms with Crippen LogP contribution >= 0.6 is 11.6 Å². The van der Waals surface area contributed by atoms with E-state index in [2.05, 4.69) is 0 Å². The van der Waals surface area contributed by atoms with Crippen molar-refractivity contribution >= 4 is 27.0 Å². The molecule has 0 spiro atoms. The summed E-state index contributed by atoms with van der Waals surface area (Å²) >= 11 is 5.17. The van der Waals surface area contributed by atoms with Crippen LogP contribution in [0.15, 0.2) is 11.0 Å². The molecule has 1 aromatic heterocycles. The minimum absolute atomic E-state index is 0.160. The monoisotopic (exact) mass is 266 g/mol. The fraction of sp³-hybridized carbons (Fsp3) is 0.500. The van der Waals surface area contributed by atoms with Crippen LogP contribution in [-0.2, 0) is 10.0 Å². The fourth-order valence-electron chi connectivity index (χ4n) is 1.30. The maximum atomic E-state index is 11.6. The van der Waals surface area contributed by atoms with E-state index in [1.165, 1.54) is 6.92 Å². The first-order chi connectivity index (χ1) is 7.31. The van der Waals surface area contributed by atoms with E-state index in [4.69, 9.17) is 11.6 Å². The van der Waals surface area contributed by atoms with Crippen LogP contribution in [-0.4, -0.2) is 28.1 Å². The van der Waals surface area contributed by atoms with Crippen molar-refractivity contribution in [2.24, 2.45) is 0 Å². The van der Waals surface area contributed by atoms with Crippen molar-refractivity contribution in [2.45, 2.75) is 20.3 Å². The maximum Gasteiger partial charge on any atom is 0.350 e. The average molecular weight is 267 g/mol. The fourth-order valence-corrected chi connectivity index (χ4v) is 2.85. The van der Waals surface area contributed by atoms with Crippen molar-refractivity contribution in [3.8, 4) is 0 Å². The Hall–Kier alpha value is -1.08. The van der Waals surface area contributed by atoms with E-state index >= 15 is 0 Å². The Morgan fingerprint density at radius 3 is 2.44 bits per heavy atom. The van der Waals surface area contributed by atoms with Crippen LogP contribution in [0.25, 0.3) is 0 Å². The number of imidazole rings is 1. The number of hydrogen-bond donors (Lipinski definition) is 0. The van der Waals surface area contributed by atoms with E-state index in [9.17, 15) is 18.0 Å². The highest BCUT2D eigenvalue weighted by molar-refractivity contribution is 7.89. The number of aromatic nitrogens is 2. The van der Waals surface area contributed by atoms with Gasteiger partial charge in [-0.05, 0) is 24.9 Å². The average Bonchev–Trinajstić information content (AvgIpc) is 2.42. The smallest absolute Gasteiger partial charge is 0.254 e. The second-order valence-electron chi connectivity index (χ2n) is 3.25. The summed E-state index contributed by atoms with van der Waals surface area (Å²) in [5.74, 6) is -0.160. The molecule has 0 saturated heterocycles. The molecule has 1 heterocycles. The van der Waals surface area contributed by atoms with Crippen LogP contribution < -0.4 is 5.69 Å². The predicted molar refractivity (Wildman–Crippen MR) is 59.6 cm³/mol. The highest BCUT2D eigenvalue weighted by Crippen LogP contribution is 2.03. The Morgan fingerprint density at radius 2 is 2.06 bits per heavy atom. The first-order valence-electron chi connectivity index (χ1n) is 4.55. The predicted octanol–water partition coefficient (Wildman–Crippen LogP) is 0.753. The molecule has 16 heavy (non-hydrogen) atoms. The minimum atomic E-state index is -3.70. The van der Waals surface area contributed by atoms with Gasteiger partial charge in [-0.15, -0.1) is 0 Å². The second-order valence-corrected chi connectivity index (χ2v) is 5.54. The van der Waals surface area contributed by atoms with Gasteiger partial charge in [0.1, 0.15) is 0 Å². The largest absolute Gasteiger partial charge is 0.350 e. The van der Waals surface area contributed by atoms with Crippen LogP contribution in [0.3, 0.4) is 0 Å². The van der Waals surface area contributed by atoms with E-state index in [0.717, 1.165) is 6.20 Å². The molecule has 0 aliphatic rings. The molecule has 0 unspecified atom stereocenters. The van der Waals surface area contributed by atoms with E-state index in [0.29, 0.717) is 15.0 Å². The van der Waals surface area contributed by atoms with Crippen molar-refractivity contribution in [3.05, 3.63) is 22.4 Å². The Kier molecular flexibility index (Phi) is 3.59. The van der Waals surface area contributed by atoms with E-state index in [1.54, 1.807) is 6.92 Å². The molecule has 0 aromatic carbocycles. The van der Waals surface area contributed by atoms with Gasteiger partial charge in [0.15, 0.2) is 0 Å². The lowest BCUT2D eigenvalue weighted by atomic mass is 10.5. The molecule has 0 saturated carbocycles. The molecule has 0 aliphatic heterocycles. The van der Waals surface area contributed by atoms with E-state index < -0.39 is 21.1 Å². The van der Waals surface area contributed by atoms with Crippen molar-refractivity contribution < 1.29 is 13.2 Å². The van der Waals surface area contributed by atoms with Gasteiger partial charge in [0, 0.05) is 11.9 Å². The van der Waals surface area contributed by atoms with Gasteiger partial charge in [0.05, 0.1) is 5.75 Å². The third-order valence-corrected chi connectivity index (χ3v) is 3.93. The van der Waals surface area contributed by atoms with Gasteiger partial charge in [0.2, 0.25) is 10.0 Å². The van der Waals surface area contributed by atoms with Crippen molar-refractivity contribution in [1.29, 1.82) is 0 Å². The molecular formula is C8H11ClN2O4S. The van der Waals surface area contributed by atoms with Crippen LogP contribution in [0.4, 0.5) is 4.79 Å². The molecule has 8 heteroatoms. The molecular weight excluding hydrogens is 256 g/mol. The van der Waals surface area contributed by atoms with Crippen molar-refractivity contribution in [1.82, 2.24) is 8.54 Å². The number of carbonyl (C=O) groups is 1. The lowest BCUT2D eigenvalue weighted by Gasteiger charge is -2.00. The van der Waals surface area contributed by atoms with Crippen molar-refractivity contribution in [3.63, 3.8) is 0 Å². The van der Waals surface area contributed by atoms with E-state index in [-0.39, 0.29) is 11.4 Å². The molecule has 0 bridgehead atoms. The number of rotatable bonds is 3. The summed E-state index contributed by atoms with van der Waals surface area (Å²) in [5, 5.41) is -1.02.